The Labute approximate surface area is 189 Å². The number of hydrogen-bond donors (Lipinski definition) is 1. The molecule has 1 aliphatic heterocycles. The largest absolute Gasteiger partial charge is 0.424 e. The molecular formula is C24H22ClN5O2. The lowest BCUT2D eigenvalue weighted by Crippen LogP contribution is -2.40. The number of carbonyl (C=O) groups excluding carboxylic acids is 1. The van der Waals surface area contributed by atoms with Crippen molar-refractivity contribution >= 4 is 34.6 Å². The summed E-state index contributed by atoms with van der Waals surface area (Å²) in [5, 5.41) is 5.16. The molecule has 2 aromatic carbocycles. The average Bonchev–Trinajstić information content (AvgIpc) is 3.07. The molecule has 1 amide bonds. The Morgan fingerprint density at radius 1 is 1.28 bits per heavy atom. The van der Waals surface area contributed by atoms with Crippen LogP contribution in [0.1, 0.15) is 22.5 Å². The Balaban J connectivity index is 1.34. The topological polar surface area (TPSA) is 90.2 Å². The van der Waals surface area contributed by atoms with E-state index in [1.165, 1.54) is 0 Å². The van der Waals surface area contributed by atoms with Gasteiger partial charge in [-0.05, 0) is 54.0 Å². The van der Waals surface area contributed by atoms with Crippen LogP contribution in [0.4, 0.5) is 6.01 Å². The number of nitrogens with zero attached hydrogens (tertiary/aromatic N) is 4. The summed E-state index contributed by atoms with van der Waals surface area (Å²) in [6, 6.07) is 13.6. The van der Waals surface area contributed by atoms with E-state index in [0.717, 1.165) is 41.6 Å². The number of para-hydroxylation sites is 1. The van der Waals surface area contributed by atoms with Gasteiger partial charge >= 0.3 is 0 Å². The molecule has 1 saturated heterocycles. The highest BCUT2D eigenvalue weighted by Gasteiger charge is 2.54. The molecule has 2 aromatic heterocycles. The first-order valence-electron chi connectivity index (χ1n) is 10.7. The van der Waals surface area contributed by atoms with E-state index >= 15 is 0 Å². The molecule has 0 spiro atoms. The highest BCUT2D eigenvalue weighted by atomic mass is 35.5. The lowest BCUT2D eigenvalue weighted by molar-refractivity contribution is 0.0700. The van der Waals surface area contributed by atoms with Crippen LogP contribution in [0.2, 0.25) is 5.02 Å². The normalized spacial score (nSPS) is 21.8. The summed E-state index contributed by atoms with van der Waals surface area (Å²) >= 11 is 6.20. The number of nitrogen functional groups attached to an aromatic ring is 1. The van der Waals surface area contributed by atoms with Crippen LogP contribution in [0.25, 0.3) is 22.2 Å². The maximum atomic E-state index is 13.7. The molecule has 7 nitrogen and oxygen atoms in total. The van der Waals surface area contributed by atoms with Crippen LogP contribution in [-0.2, 0) is 13.5 Å². The number of aromatic nitrogens is 3. The van der Waals surface area contributed by atoms with Crippen LogP contribution in [0.15, 0.2) is 53.1 Å². The van der Waals surface area contributed by atoms with Gasteiger partial charge in [0.2, 0.25) is 0 Å². The molecule has 32 heavy (non-hydrogen) atoms. The second kappa shape index (κ2) is 7.10. The zero-order valence-corrected chi connectivity index (χ0v) is 18.3. The molecule has 2 aliphatic rings. The smallest absolute Gasteiger partial charge is 0.292 e. The first kappa shape index (κ1) is 19.4. The number of benzene rings is 2. The van der Waals surface area contributed by atoms with E-state index in [1.807, 2.05) is 60.6 Å². The third-order valence-electron chi connectivity index (χ3n) is 6.68. The van der Waals surface area contributed by atoms with Gasteiger partial charge in [-0.25, -0.2) is 0 Å². The highest BCUT2D eigenvalue weighted by Crippen LogP contribution is 2.51. The molecule has 2 N–H and O–H groups in total. The van der Waals surface area contributed by atoms with Gasteiger partial charge in [-0.15, -0.1) is 0 Å². The molecule has 1 aliphatic carbocycles. The predicted molar refractivity (Wildman–Crippen MR) is 122 cm³/mol. The number of nitrogens with two attached hydrogens (primary N) is 1. The maximum absolute atomic E-state index is 13.7. The molecule has 6 rings (SSSR count). The van der Waals surface area contributed by atoms with Crippen LogP contribution in [0, 0.1) is 11.8 Å². The molecule has 1 saturated carbocycles. The number of aryl methyl sites for hydroxylation is 1. The average molecular weight is 448 g/mol. The van der Waals surface area contributed by atoms with Crippen molar-refractivity contribution in [2.24, 2.45) is 18.9 Å². The minimum Gasteiger partial charge on any atom is -0.424 e. The number of oxazole rings is 1. The molecule has 0 bridgehead atoms. The van der Waals surface area contributed by atoms with Gasteiger partial charge in [0.1, 0.15) is 5.52 Å². The first-order valence-corrected chi connectivity index (χ1v) is 11.1. The predicted octanol–water partition coefficient (Wildman–Crippen LogP) is 4.17. The van der Waals surface area contributed by atoms with Gasteiger partial charge in [0.25, 0.3) is 11.9 Å². The van der Waals surface area contributed by atoms with Crippen molar-refractivity contribution < 1.29 is 9.21 Å². The van der Waals surface area contributed by atoms with Crippen molar-refractivity contribution in [3.63, 3.8) is 0 Å². The number of fused-ring (bicyclic) bond motifs is 2. The quantitative estimate of drug-likeness (QED) is 0.507. The fourth-order valence-corrected chi connectivity index (χ4v) is 5.32. The SMILES string of the molecule is Cn1cc(-c2cccc(Cl)c2)c(C(=O)N2CC3CC3C2Cc2cccc3oc(N)nc23)n1. The van der Waals surface area contributed by atoms with Crippen molar-refractivity contribution in [1.82, 2.24) is 19.7 Å². The van der Waals surface area contributed by atoms with Crippen molar-refractivity contribution in [2.75, 3.05) is 12.3 Å². The van der Waals surface area contributed by atoms with Gasteiger partial charge < -0.3 is 15.1 Å². The van der Waals surface area contributed by atoms with Crippen molar-refractivity contribution in [3.05, 3.63) is 64.9 Å². The van der Waals surface area contributed by atoms with Crippen LogP contribution < -0.4 is 5.73 Å². The van der Waals surface area contributed by atoms with Gasteiger partial charge in [-0.1, -0.05) is 35.9 Å². The van der Waals surface area contributed by atoms with E-state index in [4.69, 9.17) is 21.8 Å². The molecule has 162 valence electrons. The van der Waals surface area contributed by atoms with E-state index in [1.54, 1.807) is 4.68 Å². The molecule has 3 heterocycles. The Kier molecular flexibility index (Phi) is 4.30. The van der Waals surface area contributed by atoms with Gasteiger partial charge in [-0.2, -0.15) is 10.1 Å². The van der Waals surface area contributed by atoms with Crippen LogP contribution in [0.3, 0.4) is 0 Å². The van der Waals surface area contributed by atoms with Gasteiger partial charge in [0, 0.05) is 36.4 Å². The minimum absolute atomic E-state index is 0.0374. The molecule has 8 heteroatoms. The summed E-state index contributed by atoms with van der Waals surface area (Å²) < 4.78 is 7.18. The zero-order valence-electron chi connectivity index (χ0n) is 17.5. The first-order chi connectivity index (χ1) is 15.5. The van der Waals surface area contributed by atoms with E-state index < -0.39 is 0 Å². The van der Waals surface area contributed by atoms with Crippen molar-refractivity contribution in [3.8, 4) is 11.1 Å². The number of carbonyl (C=O) groups is 1. The standard InChI is InChI=1S/C24H22ClN5O2/c1-29-12-18(13-4-2-6-16(25)8-13)22(28-29)23(31)30-11-15-9-17(15)19(30)10-14-5-3-7-20-21(14)27-24(26)32-20/h2-8,12,15,17,19H,9-11H2,1H3,(H2,26,27). The van der Waals surface area contributed by atoms with E-state index in [-0.39, 0.29) is 18.0 Å². The summed E-state index contributed by atoms with van der Waals surface area (Å²) in [6.45, 7) is 0.761. The third kappa shape index (κ3) is 3.15. The second-order valence-corrected chi connectivity index (χ2v) is 9.22. The lowest BCUT2D eigenvalue weighted by atomic mass is 10.00. The van der Waals surface area contributed by atoms with Gasteiger partial charge in [0.15, 0.2) is 11.3 Å². The number of piperidine rings is 1. The second-order valence-electron chi connectivity index (χ2n) is 8.78. The van der Waals surface area contributed by atoms with Gasteiger partial charge in [0.05, 0.1) is 0 Å². The maximum Gasteiger partial charge on any atom is 0.292 e. The Morgan fingerprint density at radius 2 is 2.12 bits per heavy atom. The summed E-state index contributed by atoms with van der Waals surface area (Å²) in [6.07, 6.45) is 3.76. The molecule has 4 aromatic rings. The lowest BCUT2D eigenvalue weighted by Gasteiger charge is -2.27. The number of anilines is 1. The Hall–Kier alpha value is -3.32. The molecule has 3 atom stereocenters. The monoisotopic (exact) mass is 447 g/mol. The van der Waals surface area contributed by atoms with E-state index in [0.29, 0.717) is 28.1 Å². The van der Waals surface area contributed by atoms with Crippen LogP contribution >= 0.6 is 11.6 Å². The number of amides is 1. The number of likely N-dealkylation sites (tertiary alicyclic amines) is 1. The fraction of sp³-hybridized carbons (Fsp3) is 0.292. The van der Waals surface area contributed by atoms with Gasteiger partial charge in [-0.3, -0.25) is 9.48 Å². The van der Waals surface area contributed by atoms with Crippen LogP contribution in [0.5, 0.6) is 0 Å². The van der Waals surface area contributed by atoms with E-state index in [2.05, 4.69) is 10.1 Å². The van der Waals surface area contributed by atoms with Crippen LogP contribution in [-0.4, -0.2) is 38.2 Å². The van der Waals surface area contributed by atoms with Crippen molar-refractivity contribution in [2.45, 2.75) is 18.9 Å². The summed E-state index contributed by atoms with van der Waals surface area (Å²) in [5.74, 6) is 1.03. The molecule has 0 radical (unpaired) electrons. The van der Waals surface area contributed by atoms with Crippen molar-refractivity contribution in [1.29, 1.82) is 0 Å². The minimum atomic E-state index is -0.0374. The Morgan fingerprint density at radius 3 is 2.97 bits per heavy atom. The summed E-state index contributed by atoms with van der Waals surface area (Å²) in [5.41, 5.74) is 10.4. The number of halogens is 1. The third-order valence-corrected chi connectivity index (χ3v) is 6.91. The van der Waals surface area contributed by atoms with E-state index in [9.17, 15) is 4.79 Å². The molecule has 3 unspecified atom stereocenters. The highest BCUT2D eigenvalue weighted by molar-refractivity contribution is 6.30. The summed E-state index contributed by atoms with van der Waals surface area (Å²) in [7, 11) is 1.83. The fourth-order valence-electron chi connectivity index (χ4n) is 5.13. The molecule has 2 fully saturated rings. The Bertz CT molecular complexity index is 1360. The summed E-state index contributed by atoms with van der Waals surface area (Å²) in [4.78, 5) is 20.1. The number of rotatable bonds is 4. The number of hydrogen-bond acceptors (Lipinski definition) is 5. The zero-order chi connectivity index (χ0) is 22.0. The molecular weight excluding hydrogens is 426 g/mol.